The molecular formula is C16H14FNO2. The van der Waals surface area contributed by atoms with E-state index in [2.05, 4.69) is 0 Å². The van der Waals surface area contributed by atoms with Crippen LogP contribution >= 0.6 is 0 Å². The van der Waals surface area contributed by atoms with Crippen molar-refractivity contribution >= 4 is 22.6 Å². The molecule has 20 heavy (non-hydrogen) atoms. The lowest BCUT2D eigenvalue weighted by Gasteiger charge is -2.13. The van der Waals surface area contributed by atoms with Gasteiger partial charge in [0.15, 0.2) is 0 Å². The zero-order valence-electron chi connectivity index (χ0n) is 11.1. The van der Waals surface area contributed by atoms with E-state index < -0.39 is 5.97 Å². The molecule has 0 atom stereocenters. The number of benzene rings is 1. The molecule has 0 spiro atoms. The molecule has 1 aromatic carbocycles. The Kier molecular flexibility index (Phi) is 2.93. The Morgan fingerprint density at radius 2 is 2.20 bits per heavy atom. The van der Waals surface area contributed by atoms with Crippen molar-refractivity contribution in [3.8, 4) is 0 Å². The number of hydrogen-bond donors (Lipinski definition) is 1. The SMILES string of the molecule is Cc1cn(C2=CC(F)=CCC2)c2ccc(C(=O)O)cc12. The normalized spacial score (nSPS) is 15.1. The molecule has 1 aromatic heterocycles. The average Bonchev–Trinajstić information content (AvgIpc) is 2.76. The summed E-state index contributed by atoms with van der Waals surface area (Å²) in [5, 5.41) is 9.94. The highest BCUT2D eigenvalue weighted by Crippen LogP contribution is 2.29. The van der Waals surface area contributed by atoms with Gasteiger partial charge in [-0.25, -0.2) is 9.18 Å². The van der Waals surface area contributed by atoms with Gasteiger partial charge in [-0.3, -0.25) is 0 Å². The number of carboxylic acids is 1. The largest absolute Gasteiger partial charge is 0.478 e. The van der Waals surface area contributed by atoms with E-state index in [4.69, 9.17) is 5.11 Å². The van der Waals surface area contributed by atoms with E-state index in [1.165, 1.54) is 6.08 Å². The summed E-state index contributed by atoms with van der Waals surface area (Å²) in [6.07, 6.45) is 6.50. The second-order valence-electron chi connectivity index (χ2n) is 4.98. The lowest BCUT2D eigenvalue weighted by Crippen LogP contribution is -1.99. The van der Waals surface area contributed by atoms with E-state index in [1.54, 1.807) is 24.3 Å². The summed E-state index contributed by atoms with van der Waals surface area (Å²) in [4.78, 5) is 11.0. The molecule has 3 rings (SSSR count). The van der Waals surface area contributed by atoms with Crippen LogP contribution in [0, 0.1) is 6.92 Å². The first-order valence-corrected chi connectivity index (χ1v) is 6.48. The number of halogens is 1. The Balaban J connectivity index is 2.19. The van der Waals surface area contributed by atoms with Crippen molar-refractivity contribution in [2.45, 2.75) is 19.8 Å². The van der Waals surface area contributed by atoms with Gasteiger partial charge in [0.1, 0.15) is 5.83 Å². The minimum absolute atomic E-state index is 0.215. The highest BCUT2D eigenvalue weighted by atomic mass is 19.1. The first-order valence-electron chi connectivity index (χ1n) is 6.48. The molecule has 3 nitrogen and oxygen atoms in total. The molecular weight excluding hydrogens is 257 g/mol. The zero-order valence-corrected chi connectivity index (χ0v) is 11.1. The van der Waals surface area contributed by atoms with Gasteiger partial charge in [0, 0.05) is 17.3 Å². The molecule has 1 N–H and O–H groups in total. The number of hydrogen-bond acceptors (Lipinski definition) is 1. The van der Waals surface area contributed by atoms with Gasteiger partial charge in [0.2, 0.25) is 0 Å². The first kappa shape index (κ1) is 12.7. The summed E-state index contributed by atoms with van der Waals surface area (Å²) in [6.45, 7) is 1.93. The third-order valence-electron chi connectivity index (χ3n) is 3.60. The summed E-state index contributed by atoms with van der Waals surface area (Å²) in [7, 11) is 0. The number of aromatic nitrogens is 1. The maximum Gasteiger partial charge on any atom is 0.335 e. The number of aryl methyl sites for hydroxylation is 1. The van der Waals surface area contributed by atoms with Crippen LogP contribution in [-0.4, -0.2) is 15.6 Å². The van der Waals surface area contributed by atoms with E-state index in [0.717, 1.165) is 28.6 Å². The van der Waals surface area contributed by atoms with Gasteiger partial charge >= 0.3 is 5.97 Å². The molecule has 4 heteroatoms. The molecule has 102 valence electrons. The van der Waals surface area contributed by atoms with E-state index in [1.807, 2.05) is 17.7 Å². The highest BCUT2D eigenvalue weighted by Gasteiger charge is 2.13. The fourth-order valence-corrected chi connectivity index (χ4v) is 2.60. The van der Waals surface area contributed by atoms with Crippen molar-refractivity contribution in [3.63, 3.8) is 0 Å². The number of rotatable bonds is 2. The van der Waals surface area contributed by atoms with Crippen molar-refractivity contribution < 1.29 is 14.3 Å². The summed E-state index contributed by atoms with van der Waals surface area (Å²) in [5.41, 5.74) is 3.06. The van der Waals surface area contributed by atoms with Crippen LogP contribution in [0.1, 0.15) is 28.8 Å². The molecule has 2 aromatic rings. The van der Waals surface area contributed by atoms with Gasteiger partial charge in [-0.05, 0) is 55.7 Å². The van der Waals surface area contributed by atoms with E-state index >= 15 is 0 Å². The number of fused-ring (bicyclic) bond motifs is 1. The molecule has 1 aliphatic carbocycles. The quantitative estimate of drug-likeness (QED) is 0.892. The van der Waals surface area contributed by atoms with Crippen LogP contribution in [0.2, 0.25) is 0 Å². The highest BCUT2D eigenvalue weighted by molar-refractivity contribution is 5.95. The fraction of sp³-hybridized carbons (Fsp3) is 0.188. The molecule has 0 aliphatic heterocycles. The second-order valence-corrected chi connectivity index (χ2v) is 4.98. The van der Waals surface area contributed by atoms with Crippen LogP contribution in [0.25, 0.3) is 16.6 Å². The minimum atomic E-state index is -0.940. The van der Waals surface area contributed by atoms with Crippen LogP contribution in [0.15, 0.2) is 42.4 Å². The van der Waals surface area contributed by atoms with Crippen molar-refractivity contribution in [3.05, 3.63) is 53.5 Å². The Hall–Kier alpha value is -2.36. The number of aromatic carboxylic acids is 1. The molecule has 0 amide bonds. The maximum absolute atomic E-state index is 13.4. The molecule has 0 saturated heterocycles. The predicted molar refractivity (Wildman–Crippen MR) is 76.3 cm³/mol. The summed E-state index contributed by atoms with van der Waals surface area (Å²) < 4.78 is 15.3. The Morgan fingerprint density at radius 3 is 2.90 bits per heavy atom. The van der Waals surface area contributed by atoms with Crippen LogP contribution in [0.3, 0.4) is 0 Å². The van der Waals surface area contributed by atoms with Crippen molar-refractivity contribution in [1.82, 2.24) is 4.57 Å². The molecule has 0 bridgehead atoms. The predicted octanol–water partition coefficient (Wildman–Crippen LogP) is 4.14. The number of carboxylic acid groups (broad SMARTS) is 1. The van der Waals surface area contributed by atoms with Gasteiger partial charge in [-0.2, -0.15) is 0 Å². The fourth-order valence-electron chi connectivity index (χ4n) is 2.60. The van der Waals surface area contributed by atoms with Gasteiger partial charge in [0.25, 0.3) is 0 Å². The van der Waals surface area contributed by atoms with Crippen LogP contribution in [0.4, 0.5) is 4.39 Å². The van der Waals surface area contributed by atoms with Crippen LogP contribution < -0.4 is 0 Å². The molecule has 1 heterocycles. The van der Waals surface area contributed by atoms with Gasteiger partial charge in [0.05, 0.1) is 11.1 Å². The monoisotopic (exact) mass is 271 g/mol. The second kappa shape index (κ2) is 4.63. The standard InChI is InChI=1S/C16H14FNO2/c1-10-9-18(13-4-2-3-12(17)8-13)15-6-5-11(16(19)20)7-14(10)15/h3,5-9H,2,4H2,1H3,(H,19,20). The Bertz CT molecular complexity index is 768. The number of nitrogens with zero attached hydrogens (tertiary/aromatic N) is 1. The third-order valence-corrected chi connectivity index (χ3v) is 3.60. The van der Waals surface area contributed by atoms with Crippen molar-refractivity contribution in [1.29, 1.82) is 0 Å². The molecule has 0 unspecified atom stereocenters. The minimum Gasteiger partial charge on any atom is -0.478 e. The summed E-state index contributed by atoms with van der Waals surface area (Å²) >= 11 is 0. The molecule has 1 aliphatic rings. The smallest absolute Gasteiger partial charge is 0.335 e. The van der Waals surface area contributed by atoms with E-state index in [0.29, 0.717) is 6.42 Å². The van der Waals surface area contributed by atoms with Crippen molar-refractivity contribution in [2.75, 3.05) is 0 Å². The van der Waals surface area contributed by atoms with E-state index in [-0.39, 0.29) is 11.4 Å². The zero-order chi connectivity index (χ0) is 14.3. The topological polar surface area (TPSA) is 42.2 Å². The molecule has 0 fully saturated rings. The van der Waals surface area contributed by atoms with E-state index in [9.17, 15) is 9.18 Å². The number of allylic oxidation sites excluding steroid dienone is 4. The van der Waals surface area contributed by atoms with Gasteiger partial charge < -0.3 is 9.67 Å². The van der Waals surface area contributed by atoms with Crippen molar-refractivity contribution in [2.24, 2.45) is 0 Å². The summed E-state index contributed by atoms with van der Waals surface area (Å²) in [5.74, 6) is -1.15. The molecule has 0 saturated carbocycles. The lowest BCUT2D eigenvalue weighted by atomic mass is 10.1. The first-order chi connectivity index (χ1) is 9.56. The Labute approximate surface area is 115 Å². The van der Waals surface area contributed by atoms with Crippen LogP contribution in [-0.2, 0) is 0 Å². The maximum atomic E-state index is 13.4. The average molecular weight is 271 g/mol. The van der Waals surface area contributed by atoms with Gasteiger partial charge in [-0.1, -0.05) is 0 Å². The van der Waals surface area contributed by atoms with Crippen LogP contribution in [0.5, 0.6) is 0 Å². The molecule has 0 radical (unpaired) electrons. The summed E-state index contributed by atoms with van der Waals surface area (Å²) in [6, 6.07) is 5.03. The lowest BCUT2D eigenvalue weighted by molar-refractivity contribution is 0.0697. The third kappa shape index (κ3) is 2.03. The Morgan fingerprint density at radius 1 is 1.40 bits per heavy atom. The van der Waals surface area contributed by atoms with Gasteiger partial charge in [-0.15, -0.1) is 0 Å². The number of carbonyl (C=O) groups is 1.